The highest BCUT2D eigenvalue weighted by atomic mass is 16.6. The Kier molecular flexibility index (Phi) is 4.43. The molecule has 0 amide bonds. The highest BCUT2D eigenvalue weighted by molar-refractivity contribution is 5.71. The second kappa shape index (κ2) is 6.40. The number of aliphatic imine (C=N–C) groups is 1. The van der Waals surface area contributed by atoms with Crippen molar-refractivity contribution in [3.8, 4) is 6.07 Å². The van der Waals surface area contributed by atoms with Crippen molar-refractivity contribution < 1.29 is 14.9 Å². The summed E-state index contributed by atoms with van der Waals surface area (Å²) in [6, 6.07) is 5.37. The van der Waals surface area contributed by atoms with Crippen molar-refractivity contribution in [2.24, 2.45) is 4.99 Å². The molecule has 0 unspecified atom stereocenters. The Bertz CT molecular complexity index is 842. The second-order valence-corrected chi connectivity index (χ2v) is 6.15. The van der Waals surface area contributed by atoms with E-state index in [1.54, 1.807) is 23.4 Å². The molecule has 3 heterocycles. The van der Waals surface area contributed by atoms with Crippen LogP contribution in [0.15, 0.2) is 23.5 Å². The first kappa shape index (κ1) is 17.3. The molecule has 0 bridgehead atoms. The average molecular weight is 344 g/mol. The van der Waals surface area contributed by atoms with Crippen molar-refractivity contribution >= 4 is 17.7 Å². The number of nitrogens with zero attached hydrogens (tertiary/aromatic N) is 6. The van der Waals surface area contributed by atoms with Crippen molar-refractivity contribution in [2.45, 2.75) is 37.3 Å². The van der Waals surface area contributed by atoms with E-state index in [1.807, 2.05) is 27.1 Å². The summed E-state index contributed by atoms with van der Waals surface area (Å²) in [6.45, 7) is 1.82. The van der Waals surface area contributed by atoms with Crippen LogP contribution in [0.5, 0.6) is 0 Å². The van der Waals surface area contributed by atoms with Crippen molar-refractivity contribution in [3.05, 3.63) is 24.2 Å². The topological polar surface area (TPSA) is 119 Å². The third kappa shape index (κ3) is 2.64. The normalized spacial score (nSPS) is 29.4. The lowest BCUT2D eigenvalue weighted by molar-refractivity contribution is -0.0510. The van der Waals surface area contributed by atoms with Crippen molar-refractivity contribution in [1.29, 1.82) is 5.26 Å². The summed E-state index contributed by atoms with van der Waals surface area (Å²) in [6.07, 6.45) is 0.227. The van der Waals surface area contributed by atoms with Gasteiger partial charge in [0.1, 0.15) is 30.1 Å². The Morgan fingerprint density at radius 3 is 2.84 bits per heavy atom. The maximum atomic E-state index is 10.5. The predicted octanol–water partition coefficient (Wildman–Crippen LogP) is 0.200. The van der Waals surface area contributed by atoms with E-state index in [2.05, 4.69) is 15.1 Å². The first-order valence-electron chi connectivity index (χ1n) is 7.93. The molecule has 3 rings (SSSR count). The standard InChI is InChI=1S/C16H20N6O3/c1-4-11-13(23)14(24)16(7-17,25-11)12-6-5-10-15(19-9-21(2)3)18-8-20-22(10)12/h5-6,8-9,11,13-14,23-24H,4H2,1-3H3/b19-9-/t11-,13-,14-,16+/m1/s1. The maximum Gasteiger partial charge on any atom is 0.225 e. The molecule has 25 heavy (non-hydrogen) atoms. The molecule has 0 aliphatic carbocycles. The maximum absolute atomic E-state index is 10.5. The number of fused-ring (bicyclic) bond motifs is 1. The number of hydrogen-bond donors (Lipinski definition) is 2. The van der Waals surface area contributed by atoms with Gasteiger partial charge in [-0.15, -0.1) is 0 Å². The SMILES string of the molecule is CC[C@H]1O[C@@](C#N)(c2ccc3c(/N=C\N(C)C)ncnn23)[C@H](O)[C@@H]1O. The first-order chi connectivity index (χ1) is 11.9. The highest BCUT2D eigenvalue weighted by Crippen LogP contribution is 2.41. The Hall–Kier alpha value is -2.54. The lowest BCUT2D eigenvalue weighted by atomic mass is 9.92. The molecule has 2 aromatic rings. The summed E-state index contributed by atoms with van der Waals surface area (Å²) in [7, 11) is 3.68. The molecule has 0 aromatic carbocycles. The molecule has 132 valence electrons. The van der Waals surface area contributed by atoms with E-state index in [4.69, 9.17) is 4.74 Å². The second-order valence-electron chi connectivity index (χ2n) is 6.15. The van der Waals surface area contributed by atoms with Crippen LogP contribution in [-0.2, 0) is 10.3 Å². The Morgan fingerprint density at radius 2 is 2.24 bits per heavy atom. The van der Waals surface area contributed by atoms with Crippen molar-refractivity contribution in [2.75, 3.05) is 14.1 Å². The van der Waals surface area contributed by atoms with Gasteiger partial charge in [0.05, 0.1) is 18.1 Å². The van der Waals surface area contributed by atoms with E-state index >= 15 is 0 Å². The fourth-order valence-corrected chi connectivity index (χ4v) is 2.98. The molecule has 9 heteroatoms. The van der Waals surface area contributed by atoms with E-state index < -0.39 is 23.9 Å². The van der Waals surface area contributed by atoms with E-state index in [0.29, 0.717) is 23.4 Å². The minimum Gasteiger partial charge on any atom is -0.388 e. The van der Waals surface area contributed by atoms with Crippen LogP contribution in [0.2, 0.25) is 0 Å². The van der Waals surface area contributed by atoms with Crippen molar-refractivity contribution in [3.63, 3.8) is 0 Å². The van der Waals surface area contributed by atoms with Crippen LogP contribution in [0, 0.1) is 11.3 Å². The van der Waals surface area contributed by atoms with Gasteiger partial charge >= 0.3 is 0 Å². The molecule has 9 nitrogen and oxygen atoms in total. The van der Waals surface area contributed by atoms with Crippen LogP contribution < -0.4 is 0 Å². The summed E-state index contributed by atoms with van der Waals surface area (Å²) in [5, 5.41) is 34.6. The minimum absolute atomic E-state index is 0.330. The molecule has 1 aliphatic heterocycles. The smallest absolute Gasteiger partial charge is 0.225 e. The third-order valence-electron chi connectivity index (χ3n) is 4.25. The lowest BCUT2D eigenvalue weighted by Gasteiger charge is -2.24. The van der Waals surface area contributed by atoms with Gasteiger partial charge in [0.25, 0.3) is 0 Å². The number of nitriles is 1. The molecule has 0 spiro atoms. The molecular formula is C16H20N6O3. The fraction of sp³-hybridized carbons (Fsp3) is 0.500. The monoisotopic (exact) mass is 344 g/mol. The number of aliphatic hydroxyl groups is 2. The average Bonchev–Trinajstić information content (AvgIpc) is 3.14. The van der Waals surface area contributed by atoms with Crippen molar-refractivity contribution in [1.82, 2.24) is 19.5 Å². The number of hydrogen-bond acceptors (Lipinski definition) is 7. The molecule has 0 radical (unpaired) electrons. The van der Waals surface area contributed by atoms with Gasteiger partial charge in [-0.05, 0) is 18.6 Å². The van der Waals surface area contributed by atoms with Gasteiger partial charge in [0.2, 0.25) is 5.60 Å². The molecule has 1 saturated heterocycles. The van der Waals surface area contributed by atoms with E-state index in [9.17, 15) is 15.5 Å². The van der Waals surface area contributed by atoms with Gasteiger partial charge in [0, 0.05) is 14.1 Å². The zero-order valence-corrected chi connectivity index (χ0v) is 14.2. The minimum atomic E-state index is -1.70. The van der Waals surface area contributed by atoms with Gasteiger partial charge < -0.3 is 19.8 Å². The summed E-state index contributed by atoms with van der Waals surface area (Å²) in [4.78, 5) is 10.2. The number of aliphatic hydroxyl groups excluding tert-OH is 2. The van der Waals surface area contributed by atoms with Crippen LogP contribution >= 0.6 is 0 Å². The largest absolute Gasteiger partial charge is 0.388 e. The van der Waals surface area contributed by atoms with Gasteiger partial charge in [-0.1, -0.05) is 6.92 Å². The summed E-state index contributed by atoms with van der Waals surface area (Å²) in [5.41, 5.74) is -0.810. The van der Waals surface area contributed by atoms with Gasteiger partial charge in [0.15, 0.2) is 5.82 Å². The Balaban J connectivity index is 2.13. The third-order valence-corrected chi connectivity index (χ3v) is 4.25. The summed E-state index contributed by atoms with van der Waals surface area (Å²) >= 11 is 0. The molecule has 2 N–H and O–H groups in total. The van der Waals surface area contributed by atoms with Gasteiger partial charge in [-0.3, -0.25) is 0 Å². The summed E-state index contributed by atoms with van der Waals surface area (Å²) in [5.74, 6) is 0.420. The first-order valence-corrected chi connectivity index (χ1v) is 7.93. The summed E-state index contributed by atoms with van der Waals surface area (Å²) < 4.78 is 7.24. The highest BCUT2D eigenvalue weighted by Gasteiger charge is 2.56. The Morgan fingerprint density at radius 1 is 1.48 bits per heavy atom. The van der Waals surface area contributed by atoms with Crippen LogP contribution in [-0.4, -0.2) is 68.5 Å². The quantitative estimate of drug-likeness (QED) is 0.600. The molecule has 0 saturated carbocycles. The molecule has 2 aromatic heterocycles. The molecule has 1 aliphatic rings. The molecule has 4 atom stereocenters. The van der Waals surface area contributed by atoms with E-state index in [0.717, 1.165) is 0 Å². The van der Waals surface area contributed by atoms with Crippen LogP contribution in [0.4, 0.5) is 5.82 Å². The van der Waals surface area contributed by atoms with Crippen LogP contribution in [0.25, 0.3) is 5.52 Å². The zero-order chi connectivity index (χ0) is 18.2. The van der Waals surface area contributed by atoms with Crippen LogP contribution in [0.3, 0.4) is 0 Å². The fourth-order valence-electron chi connectivity index (χ4n) is 2.98. The van der Waals surface area contributed by atoms with Crippen LogP contribution in [0.1, 0.15) is 19.0 Å². The van der Waals surface area contributed by atoms with Gasteiger partial charge in [-0.2, -0.15) is 10.4 Å². The predicted molar refractivity (Wildman–Crippen MR) is 89.3 cm³/mol. The zero-order valence-electron chi connectivity index (χ0n) is 14.2. The number of rotatable bonds is 4. The Labute approximate surface area is 144 Å². The number of aromatic nitrogens is 3. The van der Waals surface area contributed by atoms with E-state index in [1.165, 1.54) is 10.8 Å². The van der Waals surface area contributed by atoms with E-state index in [-0.39, 0.29) is 0 Å². The number of ether oxygens (including phenoxy) is 1. The molecular weight excluding hydrogens is 324 g/mol. The molecule has 1 fully saturated rings. The van der Waals surface area contributed by atoms with Gasteiger partial charge in [-0.25, -0.2) is 14.5 Å². The lowest BCUT2D eigenvalue weighted by Crippen LogP contribution is -2.40.